The Labute approximate surface area is 142 Å². The van der Waals surface area contributed by atoms with E-state index in [-0.39, 0.29) is 12.3 Å². The number of amides is 1. The SMILES string of the molecule is Cc1cccc(CC(CNC(=O)c2oc(Br)cc2C)C(=O)O)c1. The summed E-state index contributed by atoms with van der Waals surface area (Å²) in [5, 5.41) is 12.0. The molecule has 0 aliphatic rings. The monoisotopic (exact) mass is 379 g/mol. The summed E-state index contributed by atoms with van der Waals surface area (Å²) in [4.78, 5) is 23.5. The molecular weight excluding hydrogens is 362 g/mol. The Hall–Kier alpha value is -2.08. The molecule has 0 saturated heterocycles. The molecule has 0 fully saturated rings. The molecule has 5 nitrogen and oxygen atoms in total. The van der Waals surface area contributed by atoms with Crippen LogP contribution in [-0.4, -0.2) is 23.5 Å². The van der Waals surface area contributed by atoms with Gasteiger partial charge in [0.25, 0.3) is 5.91 Å². The van der Waals surface area contributed by atoms with Crippen molar-refractivity contribution in [3.8, 4) is 0 Å². The van der Waals surface area contributed by atoms with Gasteiger partial charge in [-0.25, -0.2) is 0 Å². The fourth-order valence-corrected chi connectivity index (χ4v) is 2.84. The molecule has 0 aliphatic heterocycles. The Morgan fingerprint density at radius 3 is 2.61 bits per heavy atom. The van der Waals surface area contributed by atoms with E-state index in [1.807, 2.05) is 31.2 Å². The summed E-state index contributed by atoms with van der Waals surface area (Å²) in [6, 6.07) is 9.38. The van der Waals surface area contributed by atoms with E-state index in [2.05, 4.69) is 21.2 Å². The van der Waals surface area contributed by atoms with Gasteiger partial charge in [-0.2, -0.15) is 0 Å². The predicted octanol–water partition coefficient (Wildman–Crippen LogP) is 3.33. The third-order valence-corrected chi connectivity index (χ3v) is 3.91. The van der Waals surface area contributed by atoms with Gasteiger partial charge in [0.15, 0.2) is 10.4 Å². The van der Waals surface area contributed by atoms with Crippen molar-refractivity contribution in [2.24, 2.45) is 5.92 Å². The van der Waals surface area contributed by atoms with Crippen LogP contribution in [0.4, 0.5) is 0 Å². The Balaban J connectivity index is 2.01. The van der Waals surface area contributed by atoms with E-state index in [1.54, 1.807) is 13.0 Å². The number of rotatable bonds is 6. The minimum absolute atomic E-state index is 0.0415. The molecule has 1 aromatic carbocycles. The number of carboxylic acids is 1. The van der Waals surface area contributed by atoms with Crippen molar-refractivity contribution in [1.29, 1.82) is 0 Å². The third-order valence-electron chi connectivity index (χ3n) is 3.52. The molecule has 0 radical (unpaired) electrons. The zero-order chi connectivity index (χ0) is 17.0. The van der Waals surface area contributed by atoms with Gasteiger partial charge in [0, 0.05) is 12.1 Å². The molecule has 6 heteroatoms. The van der Waals surface area contributed by atoms with Crippen molar-refractivity contribution in [2.75, 3.05) is 6.54 Å². The summed E-state index contributed by atoms with van der Waals surface area (Å²) in [6.07, 6.45) is 0.359. The highest BCUT2D eigenvalue weighted by atomic mass is 79.9. The van der Waals surface area contributed by atoms with Crippen LogP contribution in [0, 0.1) is 19.8 Å². The molecule has 0 bridgehead atoms. The lowest BCUT2D eigenvalue weighted by atomic mass is 9.98. The number of nitrogens with one attached hydrogen (secondary N) is 1. The number of aliphatic carboxylic acids is 1. The average molecular weight is 380 g/mol. The van der Waals surface area contributed by atoms with Crippen LogP contribution in [0.3, 0.4) is 0 Å². The zero-order valence-electron chi connectivity index (χ0n) is 12.9. The number of aryl methyl sites for hydroxylation is 2. The lowest BCUT2D eigenvalue weighted by molar-refractivity contribution is -0.141. The minimum atomic E-state index is -0.941. The van der Waals surface area contributed by atoms with Crippen molar-refractivity contribution in [2.45, 2.75) is 20.3 Å². The van der Waals surface area contributed by atoms with E-state index in [9.17, 15) is 14.7 Å². The lowest BCUT2D eigenvalue weighted by Gasteiger charge is -2.13. The molecule has 2 N–H and O–H groups in total. The highest BCUT2D eigenvalue weighted by Gasteiger charge is 2.21. The molecule has 1 heterocycles. The number of halogens is 1. The van der Waals surface area contributed by atoms with Crippen molar-refractivity contribution in [3.63, 3.8) is 0 Å². The average Bonchev–Trinajstić information content (AvgIpc) is 2.81. The second-order valence-electron chi connectivity index (χ2n) is 5.50. The first-order valence-corrected chi connectivity index (χ1v) is 7.98. The molecule has 2 rings (SSSR count). The van der Waals surface area contributed by atoms with Crippen LogP contribution < -0.4 is 5.32 Å². The molecule has 2 aromatic rings. The van der Waals surface area contributed by atoms with Crippen molar-refractivity contribution < 1.29 is 19.1 Å². The molecule has 1 amide bonds. The van der Waals surface area contributed by atoms with Gasteiger partial charge in [-0.05, 0) is 47.8 Å². The fourth-order valence-electron chi connectivity index (χ4n) is 2.34. The topological polar surface area (TPSA) is 79.5 Å². The summed E-state index contributed by atoms with van der Waals surface area (Å²) in [7, 11) is 0. The maximum Gasteiger partial charge on any atom is 0.308 e. The van der Waals surface area contributed by atoms with Crippen LogP contribution in [0.1, 0.15) is 27.2 Å². The molecule has 0 aliphatic carbocycles. The number of carbonyl (C=O) groups is 2. The van der Waals surface area contributed by atoms with Crippen LogP contribution in [0.15, 0.2) is 39.4 Å². The molecular formula is C17H18BrNO4. The van der Waals surface area contributed by atoms with Gasteiger partial charge in [0.2, 0.25) is 0 Å². The van der Waals surface area contributed by atoms with E-state index in [4.69, 9.17) is 4.42 Å². The molecule has 23 heavy (non-hydrogen) atoms. The zero-order valence-corrected chi connectivity index (χ0v) is 14.5. The number of hydrogen-bond acceptors (Lipinski definition) is 3. The first kappa shape index (κ1) is 17.3. The summed E-state index contributed by atoms with van der Waals surface area (Å²) in [6.45, 7) is 3.75. The summed E-state index contributed by atoms with van der Waals surface area (Å²) in [5.41, 5.74) is 2.70. The fraction of sp³-hybridized carbons (Fsp3) is 0.294. The van der Waals surface area contributed by atoms with Gasteiger partial charge in [0.1, 0.15) is 0 Å². The summed E-state index contributed by atoms with van der Waals surface area (Å²) >= 11 is 3.16. The number of carboxylic acid groups (broad SMARTS) is 1. The highest BCUT2D eigenvalue weighted by molar-refractivity contribution is 9.10. The van der Waals surface area contributed by atoms with Crippen LogP contribution in [0.25, 0.3) is 0 Å². The third kappa shape index (κ3) is 4.69. The smallest absolute Gasteiger partial charge is 0.308 e. The number of benzene rings is 1. The second kappa shape index (κ2) is 7.46. The lowest BCUT2D eigenvalue weighted by Crippen LogP contribution is -2.34. The van der Waals surface area contributed by atoms with E-state index < -0.39 is 17.8 Å². The number of hydrogen-bond donors (Lipinski definition) is 2. The Kier molecular flexibility index (Phi) is 5.60. The highest BCUT2D eigenvalue weighted by Crippen LogP contribution is 2.19. The molecule has 1 unspecified atom stereocenters. The Morgan fingerprint density at radius 2 is 2.04 bits per heavy atom. The van der Waals surface area contributed by atoms with Gasteiger partial charge >= 0.3 is 5.97 Å². The van der Waals surface area contributed by atoms with E-state index in [0.717, 1.165) is 11.1 Å². The molecule has 0 saturated carbocycles. The van der Waals surface area contributed by atoms with E-state index in [1.165, 1.54) is 0 Å². The van der Waals surface area contributed by atoms with Gasteiger partial charge in [-0.1, -0.05) is 29.8 Å². The van der Waals surface area contributed by atoms with Crippen LogP contribution in [-0.2, 0) is 11.2 Å². The standard InChI is InChI=1S/C17H18BrNO4/c1-10-4-3-5-12(6-10)8-13(17(21)22)9-19-16(20)15-11(2)7-14(18)23-15/h3-7,13H,8-9H2,1-2H3,(H,19,20)(H,21,22). The Bertz CT molecular complexity index is 723. The van der Waals surface area contributed by atoms with Crippen LogP contribution >= 0.6 is 15.9 Å². The van der Waals surface area contributed by atoms with Gasteiger partial charge in [-0.3, -0.25) is 9.59 Å². The van der Waals surface area contributed by atoms with Crippen molar-refractivity contribution >= 4 is 27.8 Å². The Morgan fingerprint density at radius 1 is 1.30 bits per heavy atom. The second-order valence-corrected chi connectivity index (χ2v) is 6.28. The summed E-state index contributed by atoms with van der Waals surface area (Å²) in [5.74, 6) is -1.86. The number of carbonyl (C=O) groups excluding carboxylic acids is 1. The number of furan rings is 1. The van der Waals surface area contributed by atoms with Gasteiger partial charge in [-0.15, -0.1) is 0 Å². The molecule has 0 spiro atoms. The van der Waals surface area contributed by atoms with Gasteiger partial charge < -0.3 is 14.8 Å². The van der Waals surface area contributed by atoms with Crippen molar-refractivity contribution in [3.05, 3.63) is 57.5 Å². The first-order valence-electron chi connectivity index (χ1n) is 7.19. The van der Waals surface area contributed by atoms with E-state index in [0.29, 0.717) is 16.7 Å². The quantitative estimate of drug-likeness (QED) is 0.806. The molecule has 122 valence electrons. The molecule has 1 aromatic heterocycles. The predicted molar refractivity (Wildman–Crippen MR) is 89.5 cm³/mol. The van der Waals surface area contributed by atoms with Crippen LogP contribution in [0.5, 0.6) is 0 Å². The summed E-state index contributed by atoms with van der Waals surface area (Å²) < 4.78 is 5.73. The maximum absolute atomic E-state index is 12.1. The van der Waals surface area contributed by atoms with E-state index >= 15 is 0 Å². The molecule has 1 atom stereocenters. The first-order chi connectivity index (χ1) is 10.9. The van der Waals surface area contributed by atoms with Crippen LogP contribution in [0.2, 0.25) is 0 Å². The van der Waals surface area contributed by atoms with Crippen molar-refractivity contribution in [1.82, 2.24) is 5.32 Å². The largest absolute Gasteiger partial charge is 0.481 e. The van der Waals surface area contributed by atoms with Gasteiger partial charge in [0.05, 0.1) is 5.92 Å². The minimum Gasteiger partial charge on any atom is -0.481 e. The maximum atomic E-state index is 12.1. The normalized spacial score (nSPS) is 12.0.